The number of piperidine rings is 1. The lowest BCUT2D eigenvalue weighted by atomic mass is 9.84. The van der Waals surface area contributed by atoms with Crippen LogP contribution in [-0.4, -0.2) is 46.4 Å². The Morgan fingerprint density at radius 3 is 2.48 bits per heavy atom. The van der Waals surface area contributed by atoms with E-state index in [4.69, 9.17) is 4.99 Å². The number of halogens is 1. The standard InChI is InChI=1S/C35H38FN5O/c36-28-13-8-16-31(23-28)41-34(42)39-33(38-29-14-5-2-6-15-29)35(41)17-19-40(20-18-35)24-27-12-7-11-26-22-30(37-32(26)27)21-25-9-3-1-4-10-25/h1,3-4,7-13,16,22-23,29,37H,2,5-6,14-15,17-21,24H2,(H,38,39,42). The maximum atomic E-state index is 14.3. The minimum absolute atomic E-state index is 0.203. The van der Waals surface area contributed by atoms with Gasteiger partial charge in [0.2, 0.25) is 0 Å². The van der Waals surface area contributed by atoms with E-state index >= 15 is 0 Å². The highest BCUT2D eigenvalue weighted by Gasteiger charge is 2.53. The number of nitrogens with one attached hydrogen (secondary N) is 2. The van der Waals surface area contributed by atoms with Crippen LogP contribution in [0.5, 0.6) is 0 Å². The van der Waals surface area contributed by atoms with E-state index in [1.165, 1.54) is 59.1 Å². The number of carbonyl (C=O) groups is 1. The fourth-order valence-corrected chi connectivity index (χ4v) is 7.20. The summed E-state index contributed by atoms with van der Waals surface area (Å²) in [5.41, 5.74) is 4.99. The van der Waals surface area contributed by atoms with Gasteiger partial charge in [-0.1, -0.05) is 73.9 Å². The molecule has 3 aliphatic rings. The van der Waals surface area contributed by atoms with Crippen molar-refractivity contribution in [1.29, 1.82) is 0 Å². The van der Waals surface area contributed by atoms with Crippen molar-refractivity contribution in [2.45, 2.75) is 69.5 Å². The molecule has 3 heterocycles. The van der Waals surface area contributed by atoms with Crippen molar-refractivity contribution in [3.05, 3.63) is 102 Å². The molecule has 0 unspecified atom stereocenters. The van der Waals surface area contributed by atoms with E-state index in [1.807, 2.05) is 6.07 Å². The number of nitrogens with zero attached hydrogens (tertiary/aromatic N) is 3. The van der Waals surface area contributed by atoms with Crippen molar-refractivity contribution < 1.29 is 9.18 Å². The van der Waals surface area contributed by atoms with Crippen molar-refractivity contribution in [2.75, 3.05) is 18.0 Å². The van der Waals surface area contributed by atoms with Crippen molar-refractivity contribution in [1.82, 2.24) is 15.2 Å². The molecular weight excluding hydrogens is 525 g/mol. The van der Waals surface area contributed by atoms with E-state index < -0.39 is 5.54 Å². The smallest absolute Gasteiger partial charge is 0.328 e. The van der Waals surface area contributed by atoms with Crippen LogP contribution in [0.15, 0.2) is 83.9 Å². The Bertz CT molecular complexity index is 1600. The number of rotatable bonds is 6. The largest absolute Gasteiger partial charge is 0.358 e. The Labute approximate surface area is 246 Å². The number of benzene rings is 3. The number of amidine groups is 1. The fraction of sp³-hybridized carbons (Fsp3) is 0.371. The highest BCUT2D eigenvalue weighted by molar-refractivity contribution is 6.19. The third-order valence-corrected chi connectivity index (χ3v) is 9.36. The zero-order valence-electron chi connectivity index (χ0n) is 24.0. The first-order valence-electron chi connectivity index (χ1n) is 15.4. The molecule has 42 heavy (non-hydrogen) atoms. The van der Waals surface area contributed by atoms with E-state index in [1.54, 1.807) is 11.0 Å². The van der Waals surface area contributed by atoms with Crippen LogP contribution < -0.4 is 10.2 Å². The quantitative estimate of drug-likeness (QED) is 0.261. The maximum Gasteiger partial charge on any atom is 0.328 e. The van der Waals surface area contributed by atoms with Gasteiger partial charge in [-0.25, -0.2) is 9.18 Å². The first-order chi connectivity index (χ1) is 20.6. The first-order valence-corrected chi connectivity index (χ1v) is 15.4. The number of para-hydroxylation sites is 1. The average Bonchev–Trinajstić information content (AvgIpc) is 3.53. The summed E-state index contributed by atoms with van der Waals surface area (Å²) in [5, 5.41) is 4.37. The van der Waals surface area contributed by atoms with Crippen LogP contribution in [0.2, 0.25) is 0 Å². The molecule has 216 valence electrons. The summed E-state index contributed by atoms with van der Waals surface area (Å²) < 4.78 is 14.3. The van der Waals surface area contributed by atoms with Crippen LogP contribution in [-0.2, 0) is 13.0 Å². The molecule has 2 aliphatic heterocycles. The highest BCUT2D eigenvalue weighted by atomic mass is 19.1. The Morgan fingerprint density at radius 1 is 0.905 bits per heavy atom. The molecule has 0 radical (unpaired) electrons. The summed E-state index contributed by atoms with van der Waals surface area (Å²) in [7, 11) is 0. The van der Waals surface area contributed by atoms with Crippen LogP contribution in [0.25, 0.3) is 10.9 Å². The lowest BCUT2D eigenvalue weighted by molar-refractivity contribution is 0.184. The van der Waals surface area contributed by atoms with Crippen LogP contribution in [0.4, 0.5) is 14.9 Å². The van der Waals surface area contributed by atoms with Gasteiger partial charge in [0, 0.05) is 37.4 Å². The number of hydrogen-bond acceptors (Lipinski definition) is 3. The summed E-state index contributed by atoms with van der Waals surface area (Å²) in [6.07, 6.45) is 8.11. The molecule has 3 fully saturated rings. The number of aromatic amines is 1. The van der Waals surface area contributed by atoms with Gasteiger partial charge in [-0.15, -0.1) is 0 Å². The second kappa shape index (κ2) is 11.4. The molecule has 2 saturated heterocycles. The average molecular weight is 564 g/mol. The summed E-state index contributed by atoms with van der Waals surface area (Å²) >= 11 is 0. The van der Waals surface area contributed by atoms with E-state index in [0.717, 1.165) is 57.6 Å². The molecule has 0 atom stereocenters. The molecule has 3 aromatic carbocycles. The number of hydrogen-bond donors (Lipinski definition) is 2. The third kappa shape index (κ3) is 5.22. The summed E-state index contributed by atoms with van der Waals surface area (Å²) in [6, 6.07) is 25.8. The van der Waals surface area contributed by atoms with Gasteiger partial charge in [0.05, 0.1) is 11.6 Å². The topological polar surface area (TPSA) is 63.7 Å². The minimum Gasteiger partial charge on any atom is -0.358 e. The van der Waals surface area contributed by atoms with Gasteiger partial charge in [-0.2, -0.15) is 0 Å². The second-order valence-corrected chi connectivity index (χ2v) is 12.2. The SMILES string of the molecule is O=C1NC(=NC2CCCCC2)C2(CCN(Cc3cccc4cc(Cc5ccccc5)[nH]c34)CC2)N1c1cccc(F)c1. The number of aromatic nitrogens is 1. The summed E-state index contributed by atoms with van der Waals surface area (Å²) in [6.45, 7) is 2.46. The Kier molecular flexibility index (Phi) is 7.28. The number of aliphatic imine (C=N–C) groups is 1. The van der Waals surface area contributed by atoms with Gasteiger partial charge >= 0.3 is 6.03 Å². The van der Waals surface area contributed by atoms with Gasteiger partial charge in [0.1, 0.15) is 17.2 Å². The number of likely N-dealkylation sites (tertiary alicyclic amines) is 1. The normalized spacial score (nSPS) is 20.5. The number of fused-ring (bicyclic) bond motifs is 1. The molecule has 6 nitrogen and oxygen atoms in total. The molecule has 1 spiro atoms. The van der Waals surface area contributed by atoms with Crippen LogP contribution in [0, 0.1) is 5.82 Å². The Morgan fingerprint density at radius 2 is 1.69 bits per heavy atom. The number of carbonyl (C=O) groups excluding carboxylic acids is 1. The van der Waals surface area contributed by atoms with E-state index in [0.29, 0.717) is 5.69 Å². The lowest BCUT2D eigenvalue weighted by Gasteiger charge is -2.44. The van der Waals surface area contributed by atoms with Crippen molar-refractivity contribution in [2.24, 2.45) is 4.99 Å². The molecule has 1 saturated carbocycles. The van der Waals surface area contributed by atoms with Gasteiger partial charge in [0.15, 0.2) is 0 Å². The Balaban J connectivity index is 1.13. The van der Waals surface area contributed by atoms with Crippen molar-refractivity contribution in [3.8, 4) is 0 Å². The van der Waals surface area contributed by atoms with Crippen molar-refractivity contribution >= 4 is 28.5 Å². The molecule has 1 aliphatic carbocycles. The Hall–Kier alpha value is -3.97. The number of H-pyrrole nitrogens is 1. The van der Waals surface area contributed by atoms with Gasteiger partial charge < -0.3 is 4.98 Å². The monoisotopic (exact) mass is 563 g/mol. The maximum absolute atomic E-state index is 14.3. The zero-order chi connectivity index (χ0) is 28.5. The minimum atomic E-state index is -0.583. The highest BCUT2D eigenvalue weighted by Crippen LogP contribution is 2.39. The van der Waals surface area contributed by atoms with Crippen LogP contribution >= 0.6 is 0 Å². The fourth-order valence-electron chi connectivity index (χ4n) is 7.20. The number of urea groups is 1. The molecule has 7 rings (SSSR count). The molecule has 1 aromatic heterocycles. The first kappa shape index (κ1) is 26.9. The van der Waals surface area contributed by atoms with E-state index in [-0.39, 0.29) is 17.9 Å². The van der Waals surface area contributed by atoms with Gasteiger partial charge in [0.25, 0.3) is 0 Å². The van der Waals surface area contributed by atoms with Crippen LogP contribution in [0.3, 0.4) is 0 Å². The summed E-state index contributed by atoms with van der Waals surface area (Å²) in [4.78, 5) is 26.6. The van der Waals surface area contributed by atoms with E-state index in [2.05, 4.69) is 69.8 Å². The predicted molar refractivity (Wildman–Crippen MR) is 167 cm³/mol. The number of amides is 2. The van der Waals surface area contributed by atoms with Gasteiger partial charge in [-0.3, -0.25) is 20.1 Å². The molecular formula is C35H38FN5O. The summed E-state index contributed by atoms with van der Waals surface area (Å²) in [5.74, 6) is 0.441. The molecule has 2 N–H and O–H groups in total. The molecule has 4 aromatic rings. The molecule has 0 bridgehead atoms. The molecule has 7 heteroatoms. The van der Waals surface area contributed by atoms with Crippen LogP contribution in [0.1, 0.15) is 61.8 Å². The lowest BCUT2D eigenvalue weighted by Crippen LogP contribution is -2.57. The predicted octanol–water partition coefficient (Wildman–Crippen LogP) is 7.19. The van der Waals surface area contributed by atoms with Crippen molar-refractivity contribution in [3.63, 3.8) is 0 Å². The number of anilines is 1. The van der Waals surface area contributed by atoms with Gasteiger partial charge in [-0.05, 0) is 66.5 Å². The third-order valence-electron chi connectivity index (χ3n) is 9.36. The molecule has 2 amide bonds. The zero-order valence-corrected chi connectivity index (χ0v) is 24.0. The second-order valence-electron chi connectivity index (χ2n) is 12.2. The van der Waals surface area contributed by atoms with E-state index in [9.17, 15) is 9.18 Å².